The molecule has 0 unspecified atom stereocenters. The predicted molar refractivity (Wildman–Crippen MR) is 69.8 cm³/mol. The van der Waals surface area contributed by atoms with Gasteiger partial charge in [0.1, 0.15) is 4.90 Å². The number of nitrogens with zero attached hydrogens (tertiary/aromatic N) is 1. The Kier molecular flexibility index (Phi) is 3.83. The molecule has 2 N–H and O–H groups in total. The third-order valence-electron chi connectivity index (χ3n) is 2.14. The van der Waals surface area contributed by atoms with E-state index < -0.39 is 15.8 Å². The molecule has 1 heterocycles. The molecule has 0 saturated carbocycles. The van der Waals surface area contributed by atoms with Gasteiger partial charge in [0.15, 0.2) is 11.6 Å². The van der Waals surface area contributed by atoms with Gasteiger partial charge in [0.25, 0.3) is 0 Å². The third-order valence-corrected chi connectivity index (χ3v) is 3.56. The van der Waals surface area contributed by atoms with Crippen LogP contribution < -0.4 is 9.88 Å². The first-order valence-electron chi connectivity index (χ1n) is 4.98. The van der Waals surface area contributed by atoms with E-state index in [0.717, 1.165) is 0 Å². The normalized spacial score (nSPS) is 11.3. The standard InChI is InChI=1S/C11H8BrFN2O3S/c12-7-3-4-8(13)9(6-7)18-11-10(19(14,16)17)2-1-5-15-11/h1-6H,(H2,14,16,17). The molecular weight excluding hydrogens is 339 g/mol. The molecule has 2 rings (SSSR count). The number of hydrogen-bond donors (Lipinski definition) is 1. The minimum atomic E-state index is -4.00. The molecule has 0 radical (unpaired) electrons. The van der Waals surface area contributed by atoms with Gasteiger partial charge in [-0.2, -0.15) is 0 Å². The summed E-state index contributed by atoms with van der Waals surface area (Å²) >= 11 is 3.16. The molecule has 0 saturated heterocycles. The molecule has 0 atom stereocenters. The topological polar surface area (TPSA) is 82.3 Å². The molecule has 1 aromatic carbocycles. The summed E-state index contributed by atoms with van der Waals surface area (Å²) in [6, 6.07) is 6.65. The van der Waals surface area contributed by atoms with E-state index in [0.29, 0.717) is 4.47 Å². The fraction of sp³-hybridized carbons (Fsp3) is 0. The van der Waals surface area contributed by atoms with Crippen molar-refractivity contribution in [1.29, 1.82) is 0 Å². The van der Waals surface area contributed by atoms with Crippen molar-refractivity contribution in [3.05, 3.63) is 46.8 Å². The Hall–Kier alpha value is -1.51. The highest BCUT2D eigenvalue weighted by Gasteiger charge is 2.17. The first-order valence-corrected chi connectivity index (χ1v) is 7.32. The van der Waals surface area contributed by atoms with Gasteiger partial charge in [-0.05, 0) is 30.3 Å². The van der Waals surface area contributed by atoms with Crippen molar-refractivity contribution < 1.29 is 17.5 Å². The van der Waals surface area contributed by atoms with Crippen LogP contribution in [0.3, 0.4) is 0 Å². The van der Waals surface area contributed by atoms with E-state index in [9.17, 15) is 12.8 Å². The lowest BCUT2D eigenvalue weighted by molar-refractivity contribution is 0.415. The van der Waals surface area contributed by atoms with E-state index in [4.69, 9.17) is 9.88 Å². The number of primary sulfonamides is 1. The summed E-state index contributed by atoms with van der Waals surface area (Å²) in [4.78, 5) is 3.44. The second-order valence-corrected chi connectivity index (χ2v) is 5.97. The van der Waals surface area contributed by atoms with Crippen molar-refractivity contribution in [3.63, 3.8) is 0 Å². The Morgan fingerprint density at radius 3 is 2.74 bits per heavy atom. The summed E-state index contributed by atoms with van der Waals surface area (Å²) in [5.41, 5.74) is 0. The van der Waals surface area contributed by atoms with Crippen LogP contribution in [0.5, 0.6) is 11.6 Å². The van der Waals surface area contributed by atoms with Gasteiger partial charge < -0.3 is 4.74 Å². The fourth-order valence-corrected chi connectivity index (χ4v) is 2.27. The highest BCUT2D eigenvalue weighted by atomic mass is 79.9. The van der Waals surface area contributed by atoms with Gasteiger partial charge in [0.05, 0.1) is 0 Å². The SMILES string of the molecule is NS(=O)(=O)c1cccnc1Oc1cc(Br)ccc1F. The van der Waals surface area contributed by atoms with E-state index in [1.165, 1.54) is 36.5 Å². The first kappa shape index (κ1) is 13.9. The molecule has 1 aromatic heterocycles. The number of hydrogen-bond acceptors (Lipinski definition) is 4. The molecule has 0 bridgehead atoms. The Morgan fingerprint density at radius 1 is 1.32 bits per heavy atom. The summed E-state index contributed by atoms with van der Waals surface area (Å²) in [5, 5.41) is 5.03. The Labute approximate surface area is 117 Å². The van der Waals surface area contributed by atoms with Gasteiger partial charge in [-0.25, -0.2) is 22.9 Å². The summed E-state index contributed by atoms with van der Waals surface area (Å²) in [5.74, 6) is -1.07. The quantitative estimate of drug-likeness (QED) is 0.925. The van der Waals surface area contributed by atoms with Crippen LogP contribution >= 0.6 is 15.9 Å². The lowest BCUT2D eigenvalue weighted by atomic mass is 10.3. The van der Waals surface area contributed by atoms with Crippen molar-refractivity contribution in [2.24, 2.45) is 5.14 Å². The minimum Gasteiger partial charge on any atom is -0.435 e. The van der Waals surface area contributed by atoms with Crippen LogP contribution in [0.25, 0.3) is 0 Å². The van der Waals surface area contributed by atoms with Crippen molar-refractivity contribution in [1.82, 2.24) is 4.98 Å². The number of sulfonamides is 1. The average Bonchev–Trinajstić information content (AvgIpc) is 2.33. The van der Waals surface area contributed by atoms with Crippen LogP contribution in [0.15, 0.2) is 45.9 Å². The number of nitrogens with two attached hydrogens (primary N) is 1. The maximum absolute atomic E-state index is 13.5. The number of halogens is 2. The lowest BCUT2D eigenvalue weighted by Gasteiger charge is -2.09. The van der Waals surface area contributed by atoms with E-state index in [2.05, 4.69) is 20.9 Å². The molecule has 100 valence electrons. The number of pyridine rings is 1. The van der Waals surface area contributed by atoms with Crippen LogP contribution in [0.4, 0.5) is 4.39 Å². The molecule has 5 nitrogen and oxygen atoms in total. The zero-order valence-electron chi connectivity index (χ0n) is 9.38. The number of aromatic nitrogens is 1. The van der Waals surface area contributed by atoms with Crippen LogP contribution in [-0.4, -0.2) is 13.4 Å². The van der Waals surface area contributed by atoms with Gasteiger partial charge in [-0.3, -0.25) is 0 Å². The number of rotatable bonds is 3. The Morgan fingerprint density at radius 2 is 2.05 bits per heavy atom. The van der Waals surface area contributed by atoms with Gasteiger partial charge in [0, 0.05) is 10.7 Å². The molecule has 19 heavy (non-hydrogen) atoms. The second kappa shape index (κ2) is 5.24. The monoisotopic (exact) mass is 346 g/mol. The minimum absolute atomic E-state index is 0.155. The molecule has 0 spiro atoms. The molecule has 0 aliphatic heterocycles. The largest absolute Gasteiger partial charge is 0.435 e. The van der Waals surface area contributed by atoms with Crippen LogP contribution in [-0.2, 0) is 10.0 Å². The van der Waals surface area contributed by atoms with Crippen LogP contribution in [0, 0.1) is 5.82 Å². The van der Waals surface area contributed by atoms with E-state index in [-0.39, 0.29) is 16.5 Å². The Balaban J connectivity index is 2.47. The molecule has 0 amide bonds. The van der Waals surface area contributed by atoms with Crippen molar-refractivity contribution in [2.45, 2.75) is 4.90 Å². The summed E-state index contributed by atoms with van der Waals surface area (Å²) < 4.78 is 42.0. The lowest BCUT2D eigenvalue weighted by Crippen LogP contribution is -2.13. The maximum Gasteiger partial charge on any atom is 0.243 e. The Bertz CT molecular complexity index is 722. The highest BCUT2D eigenvalue weighted by molar-refractivity contribution is 9.10. The summed E-state index contributed by atoms with van der Waals surface area (Å²) in [7, 11) is -4.00. The fourth-order valence-electron chi connectivity index (χ4n) is 1.33. The highest BCUT2D eigenvalue weighted by Crippen LogP contribution is 2.29. The van der Waals surface area contributed by atoms with Gasteiger partial charge in [-0.15, -0.1) is 0 Å². The predicted octanol–water partition coefficient (Wildman–Crippen LogP) is 2.42. The molecule has 0 aliphatic rings. The molecule has 2 aromatic rings. The smallest absolute Gasteiger partial charge is 0.243 e. The summed E-state index contributed by atoms with van der Waals surface area (Å²) in [6.45, 7) is 0. The van der Waals surface area contributed by atoms with Gasteiger partial charge in [-0.1, -0.05) is 15.9 Å². The van der Waals surface area contributed by atoms with Gasteiger partial charge >= 0.3 is 0 Å². The number of ether oxygens (including phenoxy) is 1. The summed E-state index contributed by atoms with van der Waals surface area (Å²) in [6.07, 6.45) is 1.32. The zero-order valence-corrected chi connectivity index (χ0v) is 11.8. The van der Waals surface area contributed by atoms with Gasteiger partial charge in [0.2, 0.25) is 15.9 Å². The third kappa shape index (κ3) is 3.28. The zero-order chi connectivity index (χ0) is 14.0. The van der Waals surface area contributed by atoms with E-state index in [1.807, 2.05) is 0 Å². The van der Waals surface area contributed by atoms with Crippen molar-refractivity contribution >= 4 is 26.0 Å². The van der Waals surface area contributed by atoms with Crippen LogP contribution in [0.1, 0.15) is 0 Å². The molecule has 0 aliphatic carbocycles. The second-order valence-electron chi connectivity index (χ2n) is 3.53. The van der Waals surface area contributed by atoms with Crippen molar-refractivity contribution in [3.8, 4) is 11.6 Å². The van der Waals surface area contributed by atoms with E-state index >= 15 is 0 Å². The molecule has 0 fully saturated rings. The van der Waals surface area contributed by atoms with Crippen LogP contribution in [0.2, 0.25) is 0 Å². The molecular formula is C11H8BrFN2O3S. The maximum atomic E-state index is 13.5. The van der Waals surface area contributed by atoms with E-state index in [1.54, 1.807) is 0 Å². The van der Waals surface area contributed by atoms with Crippen molar-refractivity contribution in [2.75, 3.05) is 0 Å². The number of benzene rings is 1. The molecule has 8 heteroatoms. The average molecular weight is 347 g/mol. The first-order chi connectivity index (χ1) is 8.88.